The second kappa shape index (κ2) is 5.74. The molecule has 0 heterocycles. The predicted molar refractivity (Wildman–Crippen MR) is 57.7 cm³/mol. The molecule has 0 aliphatic rings. The molecule has 0 amide bonds. The van der Waals surface area contributed by atoms with E-state index in [2.05, 4.69) is 13.5 Å². The number of rotatable bonds is 5. The molecule has 0 bridgehead atoms. The number of carbonyl (C=O) groups excluding carboxylic acids is 1. The van der Waals surface area contributed by atoms with E-state index in [1.807, 2.05) is 26.8 Å². The molecule has 0 saturated heterocycles. The van der Waals surface area contributed by atoms with Gasteiger partial charge in [-0.15, -0.1) is 6.58 Å². The summed E-state index contributed by atoms with van der Waals surface area (Å²) in [7, 11) is 0. The number of hydrogen-bond acceptors (Lipinski definition) is 1. The SMILES string of the molecule is C=C(C)CC(C)C=C(C)C(=O)CC. The zero-order valence-corrected chi connectivity index (χ0v) is 9.18. The van der Waals surface area contributed by atoms with Crippen LogP contribution in [0.25, 0.3) is 0 Å². The van der Waals surface area contributed by atoms with Gasteiger partial charge in [-0.1, -0.05) is 25.5 Å². The molecule has 1 nitrogen and oxygen atoms in total. The van der Waals surface area contributed by atoms with Crippen molar-refractivity contribution < 1.29 is 4.79 Å². The molecule has 0 rings (SSSR count). The average Bonchev–Trinajstić information content (AvgIpc) is 2.01. The quantitative estimate of drug-likeness (QED) is 0.467. The molecule has 0 aromatic carbocycles. The fourth-order valence-corrected chi connectivity index (χ4v) is 1.41. The molecular weight excluding hydrogens is 160 g/mol. The van der Waals surface area contributed by atoms with Gasteiger partial charge in [-0.2, -0.15) is 0 Å². The van der Waals surface area contributed by atoms with Gasteiger partial charge in [0, 0.05) is 6.42 Å². The fraction of sp³-hybridized carbons (Fsp3) is 0.583. The lowest BCUT2D eigenvalue weighted by atomic mass is 9.99. The van der Waals surface area contributed by atoms with E-state index in [1.165, 1.54) is 5.57 Å². The molecular formula is C12H20O. The highest BCUT2D eigenvalue weighted by Crippen LogP contribution is 2.13. The summed E-state index contributed by atoms with van der Waals surface area (Å²) in [4.78, 5) is 11.2. The van der Waals surface area contributed by atoms with Gasteiger partial charge in [0.1, 0.15) is 0 Å². The summed E-state index contributed by atoms with van der Waals surface area (Å²) in [5.74, 6) is 0.668. The van der Waals surface area contributed by atoms with Crippen molar-refractivity contribution in [3.8, 4) is 0 Å². The van der Waals surface area contributed by atoms with Crippen LogP contribution in [0.15, 0.2) is 23.8 Å². The second-order valence-electron chi connectivity index (χ2n) is 3.76. The number of ketones is 1. The lowest BCUT2D eigenvalue weighted by molar-refractivity contribution is -0.115. The highest BCUT2D eigenvalue weighted by Gasteiger charge is 2.04. The first-order valence-electron chi connectivity index (χ1n) is 4.83. The molecule has 1 heteroatoms. The normalized spacial score (nSPS) is 14.0. The highest BCUT2D eigenvalue weighted by atomic mass is 16.1. The lowest BCUT2D eigenvalue weighted by Gasteiger charge is -2.06. The van der Waals surface area contributed by atoms with Gasteiger partial charge in [-0.25, -0.2) is 0 Å². The number of allylic oxidation sites excluding steroid dienone is 3. The minimum absolute atomic E-state index is 0.244. The van der Waals surface area contributed by atoms with E-state index in [0.29, 0.717) is 12.3 Å². The van der Waals surface area contributed by atoms with Crippen molar-refractivity contribution in [3.05, 3.63) is 23.8 Å². The fourth-order valence-electron chi connectivity index (χ4n) is 1.41. The van der Waals surface area contributed by atoms with Crippen molar-refractivity contribution in [1.82, 2.24) is 0 Å². The lowest BCUT2D eigenvalue weighted by Crippen LogP contribution is -2.00. The van der Waals surface area contributed by atoms with Crippen molar-refractivity contribution >= 4 is 5.78 Å². The van der Waals surface area contributed by atoms with Gasteiger partial charge in [0.15, 0.2) is 5.78 Å². The van der Waals surface area contributed by atoms with Crippen molar-refractivity contribution in [2.45, 2.75) is 40.5 Å². The van der Waals surface area contributed by atoms with Crippen LogP contribution in [0, 0.1) is 5.92 Å². The summed E-state index contributed by atoms with van der Waals surface area (Å²) in [6.45, 7) is 11.8. The van der Waals surface area contributed by atoms with Gasteiger partial charge >= 0.3 is 0 Å². The topological polar surface area (TPSA) is 17.1 Å². The third-order valence-electron chi connectivity index (χ3n) is 1.97. The molecule has 0 aliphatic heterocycles. The molecule has 1 atom stereocenters. The molecule has 1 unspecified atom stereocenters. The Kier molecular flexibility index (Phi) is 5.36. The summed E-state index contributed by atoms with van der Waals surface area (Å²) in [6, 6.07) is 0. The first-order valence-corrected chi connectivity index (χ1v) is 4.83. The summed E-state index contributed by atoms with van der Waals surface area (Å²) in [5.41, 5.74) is 2.05. The van der Waals surface area contributed by atoms with Gasteiger partial charge in [-0.3, -0.25) is 4.79 Å². The molecule has 0 radical (unpaired) electrons. The maximum Gasteiger partial charge on any atom is 0.157 e. The zero-order valence-electron chi connectivity index (χ0n) is 9.18. The molecule has 0 aromatic heterocycles. The highest BCUT2D eigenvalue weighted by molar-refractivity contribution is 5.94. The smallest absolute Gasteiger partial charge is 0.157 e. The van der Waals surface area contributed by atoms with E-state index in [9.17, 15) is 4.79 Å². The zero-order chi connectivity index (χ0) is 10.4. The van der Waals surface area contributed by atoms with E-state index in [4.69, 9.17) is 0 Å². The Labute approximate surface area is 81.5 Å². The Morgan fingerprint density at radius 1 is 1.46 bits per heavy atom. The van der Waals surface area contributed by atoms with Crippen LogP contribution >= 0.6 is 0 Å². The van der Waals surface area contributed by atoms with Crippen molar-refractivity contribution in [1.29, 1.82) is 0 Å². The second-order valence-corrected chi connectivity index (χ2v) is 3.76. The summed E-state index contributed by atoms with van der Waals surface area (Å²) >= 11 is 0. The van der Waals surface area contributed by atoms with E-state index in [0.717, 1.165) is 12.0 Å². The Morgan fingerprint density at radius 2 is 2.00 bits per heavy atom. The van der Waals surface area contributed by atoms with Crippen LogP contribution in [0.2, 0.25) is 0 Å². The van der Waals surface area contributed by atoms with Gasteiger partial charge in [0.2, 0.25) is 0 Å². The van der Waals surface area contributed by atoms with E-state index >= 15 is 0 Å². The van der Waals surface area contributed by atoms with E-state index < -0.39 is 0 Å². The first-order chi connectivity index (χ1) is 5.97. The molecule has 74 valence electrons. The number of Topliss-reactive ketones (excluding diaryl/α,β-unsaturated/α-hetero) is 1. The van der Waals surface area contributed by atoms with Crippen molar-refractivity contribution in [3.63, 3.8) is 0 Å². The van der Waals surface area contributed by atoms with Crippen LogP contribution in [0.1, 0.15) is 40.5 Å². The molecule has 0 N–H and O–H groups in total. The number of hydrogen-bond donors (Lipinski definition) is 0. The van der Waals surface area contributed by atoms with Gasteiger partial charge in [-0.05, 0) is 31.8 Å². The predicted octanol–water partition coefficient (Wildman–Crippen LogP) is 3.51. The van der Waals surface area contributed by atoms with E-state index in [-0.39, 0.29) is 5.78 Å². The standard InChI is InChI=1S/C12H20O/c1-6-12(13)11(5)8-10(4)7-9(2)3/h8,10H,2,6-7H2,1,3-5H3. The maximum absolute atomic E-state index is 11.2. The molecule has 0 saturated carbocycles. The maximum atomic E-state index is 11.2. The summed E-state index contributed by atoms with van der Waals surface area (Å²) in [5, 5.41) is 0. The molecule has 0 aliphatic carbocycles. The largest absolute Gasteiger partial charge is 0.295 e. The Balaban J connectivity index is 4.21. The van der Waals surface area contributed by atoms with Gasteiger partial charge in [0.25, 0.3) is 0 Å². The van der Waals surface area contributed by atoms with E-state index in [1.54, 1.807) is 0 Å². The first kappa shape index (κ1) is 12.2. The minimum Gasteiger partial charge on any atom is -0.295 e. The van der Waals surface area contributed by atoms with Crippen LogP contribution in [-0.2, 0) is 4.79 Å². The van der Waals surface area contributed by atoms with Crippen LogP contribution in [0.3, 0.4) is 0 Å². The Bertz CT molecular complexity index is 223. The minimum atomic E-state index is 0.244. The third kappa shape index (κ3) is 5.40. The summed E-state index contributed by atoms with van der Waals surface area (Å²) < 4.78 is 0. The Hall–Kier alpha value is -0.850. The molecule has 0 aromatic rings. The van der Waals surface area contributed by atoms with Crippen molar-refractivity contribution in [2.75, 3.05) is 0 Å². The molecule has 13 heavy (non-hydrogen) atoms. The van der Waals surface area contributed by atoms with Crippen LogP contribution in [-0.4, -0.2) is 5.78 Å². The average molecular weight is 180 g/mol. The monoisotopic (exact) mass is 180 g/mol. The molecule has 0 fully saturated rings. The summed E-state index contributed by atoms with van der Waals surface area (Å²) in [6.07, 6.45) is 3.61. The number of carbonyl (C=O) groups is 1. The van der Waals surface area contributed by atoms with Crippen LogP contribution < -0.4 is 0 Å². The molecule has 0 spiro atoms. The van der Waals surface area contributed by atoms with Crippen LogP contribution in [0.5, 0.6) is 0 Å². The van der Waals surface area contributed by atoms with Crippen molar-refractivity contribution in [2.24, 2.45) is 5.92 Å². The van der Waals surface area contributed by atoms with Crippen LogP contribution in [0.4, 0.5) is 0 Å². The van der Waals surface area contributed by atoms with Gasteiger partial charge < -0.3 is 0 Å². The third-order valence-corrected chi connectivity index (χ3v) is 1.97. The Morgan fingerprint density at radius 3 is 2.38 bits per heavy atom. The van der Waals surface area contributed by atoms with Gasteiger partial charge in [0.05, 0.1) is 0 Å².